The summed E-state index contributed by atoms with van der Waals surface area (Å²) in [7, 11) is 2.05. The summed E-state index contributed by atoms with van der Waals surface area (Å²) in [6.07, 6.45) is 4.80. The minimum absolute atomic E-state index is 0.144. The lowest BCUT2D eigenvalue weighted by Gasteiger charge is -2.19. The second-order valence-electron chi connectivity index (χ2n) is 7.11. The fourth-order valence-electron chi connectivity index (χ4n) is 3.04. The second-order valence-corrected chi connectivity index (χ2v) is 7.11. The first-order valence-corrected chi connectivity index (χ1v) is 10.3. The number of furan rings is 1. The maximum Gasteiger partial charge on any atom is 0.267 e. The Bertz CT molecular complexity index is 983. The van der Waals surface area contributed by atoms with Gasteiger partial charge in [0.2, 0.25) is 0 Å². The number of nitrogens with zero attached hydrogens (tertiary/aromatic N) is 1. The quantitative estimate of drug-likeness (QED) is 0.385. The smallest absolute Gasteiger partial charge is 0.267 e. The molecule has 6 nitrogen and oxygen atoms in total. The molecule has 0 spiro atoms. The van der Waals surface area contributed by atoms with Gasteiger partial charge in [-0.2, -0.15) is 0 Å². The average molecular weight is 418 g/mol. The SMILES string of the molecule is CN(CCCCNC(=O)/C(=C/c1ccco1)NC(=O)c1ccccc1)c1ccccc1. The zero-order valence-corrected chi connectivity index (χ0v) is 17.6. The Morgan fingerprint density at radius 3 is 2.32 bits per heavy atom. The molecule has 2 amide bonds. The van der Waals surface area contributed by atoms with Crippen LogP contribution in [0.25, 0.3) is 6.08 Å². The van der Waals surface area contributed by atoms with Crippen LogP contribution >= 0.6 is 0 Å². The Balaban J connectivity index is 1.52. The highest BCUT2D eigenvalue weighted by Gasteiger charge is 2.15. The minimum Gasteiger partial charge on any atom is -0.465 e. The lowest BCUT2D eigenvalue weighted by Crippen LogP contribution is -2.35. The summed E-state index contributed by atoms with van der Waals surface area (Å²) < 4.78 is 5.30. The number of para-hydroxylation sites is 1. The highest BCUT2D eigenvalue weighted by atomic mass is 16.3. The molecule has 0 aliphatic rings. The van der Waals surface area contributed by atoms with E-state index in [-0.39, 0.29) is 17.5 Å². The lowest BCUT2D eigenvalue weighted by atomic mass is 10.2. The third-order valence-electron chi connectivity index (χ3n) is 4.76. The van der Waals surface area contributed by atoms with Gasteiger partial charge in [0.05, 0.1) is 6.26 Å². The predicted molar refractivity (Wildman–Crippen MR) is 123 cm³/mol. The zero-order valence-electron chi connectivity index (χ0n) is 17.6. The molecule has 6 heteroatoms. The van der Waals surface area contributed by atoms with Crippen LogP contribution in [0.2, 0.25) is 0 Å². The van der Waals surface area contributed by atoms with Gasteiger partial charge in [0.1, 0.15) is 11.5 Å². The molecule has 2 aromatic carbocycles. The Morgan fingerprint density at radius 1 is 0.935 bits per heavy atom. The summed E-state index contributed by atoms with van der Waals surface area (Å²) in [5, 5.41) is 5.58. The molecule has 0 bridgehead atoms. The fraction of sp³-hybridized carbons (Fsp3) is 0.200. The number of hydrogen-bond acceptors (Lipinski definition) is 4. The number of carbonyl (C=O) groups is 2. The van der Waals surface area contributed by atoms with Gasteiger partial charge in [-0.1, -0.05) is 36.4 Å². The molecule has 160 valence electrons. The molecule has 0 atom stereocenters. The van der Waals surface area contributed by atoms with Crippen LogP contribution in [-0.2, 0) is 4.79 Å². The molecule has 0 fully saturated rings. The first-order chi connectivity index (χ1) is 15.1. The van der Waals surface area contributed by atoms with E-state index in [1.165, 1.54) is 18.0 Å². The molecular formula is C25H27N3O3. The molecule has 3 rings (SSSR count). The first kappa shape index (κ1) is 21.9. The Morgan fingerprint density at radius 2 is 1.65 bits per heavy atom. The summed E-state index contributed by atoms with van der Waals surface area (Å²) in [6, 6.07) is 22.4. The first-order valence-electron chi connectivity index (χ1n) is 10.3. The fourth-order valence-corrected chi connectivity index (χ4v) is 3.04. The normalized spacial score (nSPS) is 11.1. The second kappa shape index (κ2) is 11.4. The van der Waals surface area contributed by atoms with Crippen LogP contribution in [0.15, 0.2) is 89.2 Å². The molecule has 0 saturated heterocycles. The van der Waals surface area contributed by atoms with E-state index in [0.717, 1.165) is 19.4 Å². The largest absolute Gasteiger partial charge is 0.465 e. The molecule has 0 saturated carbocycles. The molecule has 1 heterocycles. The zero-order chi connectivity index (χ0) is 21.9. The van der Waals surface area contributed by atoms with Gasteiger partial charge in [-0.3, -0.25) is 9.59 Å². The molecule has 0 unspecified atom stereocenters. The van der Waals surface area contributed by atoms with Crippen molar-refractivity contribution in [2.75, 3.05) is 25.0 Å². The number of carbonyl (C=O) groups excluding carboxylic acids is 2. The number of hydrogen-bond donors (Lipinski definition) is 2. The maximum atomic E-state index is 12.7. The van der Waals surface area contributed by atoms with E-state index in [9.17, 15) is 9.59 Å². The van der Waals surface area contributed by atoms with Gasteiger partial charge in [0.15, 0.2) is 0 Å². The molecule has 3 aromatic rings. The average Bonchev–Trinajstić information content (AvgIpc) is 3.32. The Kier molecular flexibility index (Phi) is 8.05. The summed E-state index contributed by atoms with van der Waals surface area (Å²) in [5.74, 6) is -0.210. The van der Waals surface area contributed by atoms with Gasteiger partial charge in [-0.25, -0.2) is 0 Å². The predicted octanol–water partition coefficient (Wildman–Crippen LogP) is 4.08. The molecule has 1 aromatic heterocycles. The van der Waals surface area contributed by atoms with E-state index >= 15 is 0 Å². The van der Waals surface area contributed by atoms with Crippen molar-refractivity contribution in [3.05, 3.63) is 96.1 Å². The topological polar surface area (TPSA) is 74.6 Å². The number of nitrogens with one attached hydrogen (secondary N) is 2. The summed E-state index contributed by atoms with van der Waals surface area (Å²) in [4.78, 5) is 27.4. The van der Waals surface area contributed by atoms with E-state index in [0.29, 0.717) is 17.9 Å². The van der Waals surface area contributed by atoms with Crippen molar-refractivity contribution < 1.29 is 14.0 Å². The van der Waals surface area contributed by atoms with E-state index in [4.69, 9.17) is 4.42 Å². The van der Waals surface area contributed by atoms with Crippen LogP contribution in [0.1, 0.15) is 29.0 Å². The standard InChI is InChI=1S/C25H27N3O3/c1-28(21-13-6-3-7-14-21)17-9-8-16-26-25(30)23(19-22-15-10-18-31-22)27-24(29)20-11-4-2-5-12-20/h2-7,10-15,18-19H,8-9,16-17H2,1H3,(H,26,30)(H,27,29)/b23-19-. The van der Waals surface area contributed by atoms with Crippen molar-refractivity contribution >= 4 is 23.6 Å². The molecule has 0 aliphatic heterocycles. The van der Waals surface area contributed by atoms with Gasteiger partial charge < -0.3 is 20.0 Å². The van der Waals surface area contributed by atoms with Crippen molar-refractivity contribution in [3.63, 3.8) is 0 Å². The van der Waals surface area contributed by atoms with Crippen LogP contribution < -0.4 is 15.5 Å². The van der Waals surface area contributed by atoms with E-state index in [1.54, 1.807) is 36.4 Å². The maximum absolute atomic E-state index is 12.7. The molecule has 2 N–H and O–H groups in total. The highest BCUT2D eigenvalue weighted by Crippen LogP contribution is 2.11. The number of rotatable bonds is 10. The van der Waals surface area contributed by atoms with Crippen molar-refractivity contribution in [1.29, 1.82) is 0 Å². The van der Waals surface area contributed by atoms with Gasteiger partial charge in [-0.05, 0) is 49.2 Å². The van der Waals surface area contributed by atoms with Gasteiger partial charge in [0, 0.05) is 37.5 Å². The number of amides is 2. The number of anilines is 1. The molecule has 31 heavy (non-hydrogen) atoms. The van der Waals surface area contributed by atoms with E-state index in [1.807, 2.05) is 24.3 Å². The van der Waals surface area contributed by atoms with Crippen molar-refractivity contribution in [2.24, 2.45) is 0 Å². The summed E-state index contributed by atoms with van der Waals surface area (Å²) in [5.41, 5.74) is 1.79. The molecule has 0 radical (unpaired) electrons. The Labute approximate surface area is 182 Å². The van der Waals surface area contributed by atoms with E-state index < -0.39 is 0 Å². The van der Waals surface area contributed by atoms with Crippen LogP contribution in [0.3, 0.4) is 0 Å². The van der Waals surface area contributed by atoms with Crippen molar-refractivity contribution in [3.8, 4) is 0 Å². The molecular weight excluding hydrogens is 390 g/mol. The number of benzene rings is 2. The van der Waals surface area contributed by atoms with Gasteiger partial charge >= 0.3 is 0 Å². The van der Waals surface area contributed by atoms with Crippen LogP contribution in [0, 0.1) is 0 Å². The van der Waals surface area contributed by atoms with Crippen molar-refractivity contribution in [2.45, 2.75) is 12.8 Å². The molecule has 0 aliphatic carbocycles. The van der Waals surface area contributed by atoms with E-state index in [2.05, 4.69) is 34.7 Å². The third-order valence-corrected chi connectivity index (χ3v) is 4.76. The summed E-state index contributed by atoms with van der Waals surface area (Å²) >= 11 is 0. The summed E-state index contributed by atoms with van der Waals surface area (Å²) in [6.45, 7) is 1.40. The Hall–Kier alpha value is -3.80. The lowest BCUT2D eigenvalue weighted by molar-refractivity contribution is -0.117. The minimum atomic E-state index is -0.350. The number of unbranched alkanes of at least 4 members (excludes halogenated alkanes) is 1. The van der Waals surface area contributed by atoms with Crippen LogP contribution in [0.5, 0.6) is 0 Å². The van der Waals surface area contributed by atoms with Crippen molar-refractivity contribution in [1.82, 2.24) is 10.6 Å². The highest BCUT2D eigenvalue weighted by molar-refractivity contribution is 6.05. The third kappa shape index (κ3) is 6.89. The van der Waals surface area contributed by atoms with Crippen LogP contribution in [0.4, 0.5) is 5.69 Å². The van der Waals surface area contributed by atoms with Crippen LogP contribution in [-0.4, -0.2) is 32.0 Å². The monoisotopic (exact) mass is 417 g/mol. The van der Waals surface area contributed by atoms with Gasteiger partial charge in [0.25, 0.3) is 11.8 Å². The van der Waals surface area contributed by atoms with Gasteiger partial charge in [-0.15, -0.1) is 0 Å².